The first kappa shape index (κ1) is 13.2. The van der Waals surface area contributed by atoms with Crippen LogP contribution >= 0.6 is 0 Å². The number of nitrogens with zero attached hydrogens (tertiary/aromatic N) is 1. The molecular weight excluding hydrogens is 262 g/mol. The van der Waals surface area contributed by atoms with Crippen molar-refractivity contribution in [1.29, 1.82) is 0 Å². The molecule has 3 aromatic rings. The third-order valence-corrected chi connectivity index (χ3v) is 3.39. The second kappa shape index (κ2) is 5.67. The lowest BCUT2D eigenvalue weighted by Gasteiger charge is -2.17. The van der Waals surface area contributed by atoms with Gasteiger partial charge in [0.05, 0.1) is 6.26 Å². The van der Waals surface area contributed by atoms with Gasteiger partial charge in [-0.2, -0.15) is 0 Å². The van der Waals surface area contributed by atoms with E-state index in [-0.39, 0.29) is 5.91 Å². The Morgan fingerprint density at radius 3 is 2.24 bits per heavy atom. The molecule has 3 rings (SSSR count). The van der Waals surface area contributed by atoms with E-state index < -0.39 is 0 Å². The van der Waals surface area contributed by atoms with Crippen molar-refractivity contribution in [3.8, 4) is 11.3 Å². The Labute approximate surface area is 123 Å². The van der Waals surface area contributed by atoms with Crippen LogP contribution in [0.5, 0.6) is 0 Å². The highest BCUT2D eigenvalue weighted by atomic mass is 16.3. The van der Waals surface area contributed by atoms with Gasteiger partial charge in [-0.25, -0.2) is 0 Å². The summed E-state index contributed by atoms with van der Waals surface area (Å²) in [6, 6.07) is 20.7. The van der Waals surface area contributed by atoms with Crippen molar-refractivity contribution in [3.63, 3.8) is 0 Å². The number of anilines is 1. The number of furan rings is 1. The van der Waals surface area contributed by atoms with Gasteiger partial charge in [-0.15, -0.1) is 0 Å². The van der Waals surface area contributed by atoms with E-state index >= 15 is 0 Å². The van der Waals surface area contributed by atoms with Gasteiger partial charge in [0.25, 0.3) is 5.91 Å². The maximum atomic E-state index is 12.4. The SMILES string of the molecule is CN(C(=O)c1ccccc1)c1ccc(-c2ccco2)cc1. The van der Waals surface area contributed by atoms with Crippen molar-refractivity contribution < 1.29 is 9.21 Å². The Bertz CT molecular complexity index is 716. The summed E-state index contributed by atoms with van der Waals surface area (Å²) in [5.74, 6) is 0.792. The number of carbonyl (C=O) groups excluding carboxylic acids is 1. The van der Waals surface area contributed by atoms with Crippen molar-refractivity contribution in [1.82, 2.24) is 0 Å². The predicted octanol–water partition coefficient (Wildman–Crippen LogP) is 4.22. The van der Waals surface area contributed by atoms with E-state index in [9.17, 15) is 4.79 Å². The molecule has 0 spiro atoms. The Morgan fingerprint density at radius 2 is 1.62 bits per heavy atom. The van der Waals surface area contributed by atoms with Gasteiger partial charge in [0.1, 0.15) is 5.76 Å². The first-order valence-corrected chi connectivity index (χ1v) is 6.73. The Kier molecular flexibility index (Phi) is 3.56. The molecule has 21 heavy (non-hydrogen) atoms. The first-order chi connectivity index (χ1) is 10.3. The largest absolute Gasteiger partial charge is 0.464 e. The van der Waals surface area contributed by atoms with E-state index in [1.165, 1.54) is 0 Å². The summed E-state index contributed by atoms with van der Waals surface area (Å²) >= 11 is 0. The molecule has 0 aliphatic heterocycles. The minimum absolute atomic E-state index is 0.0265. The summed E-state index contributed by atoms with van der Waals surface area (Å²) in [6.45, 7) is 0. The lowest BCUT2D eigenvalue weighted by atomic mass is 10.1. The molecule has 3 nitrogen and oxygen atoms in total. The fourth-order valence-corrected chi connectivity index (χ4v) is 2.18. The number of benzene rings is 2. The molecule has 0 unspecified atom stereocenters. The first-order valence-electron chi connectivity index (χ1n) is 6.73. The monoisotopic (exact) mass is 277 g/mol. The average Bonchev–Trinajstić information content (AvgIpc) is 3.09. The number of rotatable bonds is 3. The van der Waals surface area contributed by atoms with Crippen LogP contribution in [0, 0.1) is 0 Å². The lowest BCUT2D eigenvalue weighted by molar-refractivity contribution is 0.0993. The van der Waals surface area contributed by atoms with Crippen LogP contribution in [0.3, 0.4) is 0 Å². The standard InChI is InChI=1S/C18H15NO2/c1-19(18(20)15-6-3-2-4-7-15)16-11-9-14(10-12-16)17-8-5-13-21-17/h2-13H,1H3. The summed E-state index contributed by atoms with van der Waals surface area (Å²) in [4.78, 5) is 14.0. The number of hydrogen-bond donors (Lipinski definition) is 0. The molecule has 0 aliphatic rings. The third-order valence-electron chi connectivity index (χ3n) is 3.39. The van der Waals surface area contributed by atoms with Crippen LogP contribution in [0.2, 0.25) is 0 Å². The van der Waals surface area contributed by atoms with Gasteiger partial charge >= 0.3 is 0 Å². The van der Waals surface area contributed by atoms with Crippen LogP contribution in [0.4, 0.5) is 5.69 Å². The van der Waals surface area contributed by atoms with Crippen molar-refractivity contribution in [2.75, 3.05) is 11.9 Å². The van der Waals surface area contributed by atoms with Gasteiger partial charge in [0, 0.05) is 23.9 Å². The minimum Gasteiger partial charge on any atom is -0.464 e. The second-order valence-corrected chi connectivity index (χ2v) is 4.75. The van der Waals surface area contributed by atoms with Gasteiger partial charge in [-0.05, 0) is 48.5 Å². The highest BCUT2D eigenvalue weighted by molar-refractivity contribution is 6.05. The van der Waals surface area contributed by atoms with Crippen molar-refractivity contribution in [3.05, 3.63) is 78.6 Å². The summed E-state index contributed by atoms with van der Waals surface area (Å²) in [5, 5.41) is 0. The Morgan fingerprint density at radius 1 is 0.905 bits per heavy atom. The molecule has 0 atom stereocenters. The van der Waals surface area contributed by atoms with Crippen LogP contribution in [0.25, 0.3) is 11.3 Å². The van der Waals surface area contributed by atoms with Crippen LogP contribution in [0.15, 0.2) is 77.4 Å². The summed E-state index contributed by atoms with van der Waals surface area (Å²) in [7, 11) is 1.78. The van der Waals surface area contributed by atoms with Gasteiger partial charge in [-0.3, -0.25) is 4.79 Å². The molecule has 2 aromatic carbocycles. The fraction of sp³-hybridized carbons (Fsp3) is 0.0556. The highest BCUT2D eigenvalue weighted by Crippen LogP contribution is 2.23. The Balaban J connectivity index is 1.82. The van der Waals surface area contributed by atoms with Crippen molar-refractivity contribution >= 4 is 11.6 Å². The summed E-state index contributed by atoms with van der Waals surface area (Å²) in [5.41, 5.74) is 2.51. The smallest absolute Gasteiger partial charge is 0.258 e. The highest BCUT2D eigenvalue weighted by Gasteiger charge is 2.13. The Hall–Kier alpha value is -2.81. The van der Waals surface area contributed by atoms with Gasteiger partial charge in [-0.1, -0.05) is 18.2 Å². The van der Waals surface area contributed by atoms with E-state index in [2.05, 4.69) is 0 Å². The normalized spacial score (nSPS) is 10.3. The molecule has 1 heterocycles. The number of carbonyl (C=O) groups is 1. The molecule has 0 N–H and O–H groups in total. The average molecular weight is 277 g/mol. The molecular formula is C18H15NO2. The number of hydrogen-bond acceptors (Lipinski definition) is 2. The number of amides is 1. The van der Waals surface area contributed by atoms with E-state index in [0.29, 0.717) is 5.56 Å². The summed E-state index contributed by atoms with van der Waals surface area (Å²) < 4.78 is 5.36. The third kappa shape index (κ3) is 2.72. The van der Waals surface area contributed by atoms with Gasteiger partial charge in [0.15, 0.2) is 0 Å². The minimum atomic E-state index is -0.0265. The molecule has 0 aliphatic carbocycles. The van der Waals surface area contributed by atoms with Crippen LogP contribution in [-0.4, -0.2) is 13.0 Å². The molecule has 104 valence electrons. The molecule has 3 heteroatoms. The quantitative estimate of drug-likeness (QED) is 0.718. The zero-order valence-corrected chi connectivity index (χ0v) is 11.7. The van der Waals surface area contributed by atoms with E-state index in [1.807, 2.05) is 66.7 Å². The predicted molar refractivity (Wildman–Crippen MR) is 83.3 cm³/mol. The fourth-order valence-electron chi connectivity index (χ4n) is 2.18. The summed E-state index contributed by atoms with van der Waals surface area (Å²) in [6.07, 6.45) is 1.65. The molecule has 0 radical (unpaired) electrons. The van der Waals surface area contributed by atoms with E-state index in [4.69, 9.17) is 4.42 Å². The van der Waals surface area contributed by atoms with Crippen LogP contribution < -0.4 is 4.90 Å². The molecule has 0 fully saturated rings. The van der Waals surface area contributed by atoms with Crippen molar-refractivity contribution in [2.45, 2.75) is 0 Å². The van der Waals surface area contributed by atoms with Crippen LogP contribution in [-0.2, 0) is 0 Å². The zero-order valence-electron chi connectivity index (χ0n) is 11.7. The van der Waals surface area contributed by atoms with E-state index in [1.54, 1.807) is 18.2 Å². The van der Waals surface area contributed by atoms with E-state index in [0.717, 1.165) is 17.0 Å². The van der Waals surface area contributed by atoms with Crippen LogP contribution in [0.1, 0.15) is 10.4 Å². The molecule has 1 amide bonds. The van der Waals surface area contributed by atoms with Gasteiger partial charge < -0.3 is 9.32 Å². The topological polar surface area (TPSA) is 33.5 Å². The zero-order chi connectivity index (χ0) is 14.7. The second-order valence-electron chi connectivity index (χ2n) is 4.75. The molecule has 0 saturated carbocycles. The molecule has 0 bridgehead atoms. The maximum Gasteiger partial charge on any atom is 0.258 e. The lowest BCUT2D eigenvalue weighted by Crippen LogP contribution is -2.25. The molecule has 0 saturated heterocycles. The molecule has 1 aromatic heterocycles. The van der Waals surface area contributed by atoms with Gasteiger partial charge in [0.2, 0.25) is 0 Å². The maximum absolute atomic E-state index is 12.4. The van der Waals surface area contributed by atoms with Crippen molar-refractivity contribution in [2.24, 2.45) is 0 Å².